The first-order chi connectivity index (χ1) is 12.5. The van der Waals surface area contributed by atoms with Gasteiger partial charge in [0.05, 0.1) is 6.10 Å². The van der Waals surface area contributed by atoms with Gasteiger partial charge in [0.15, 0.2) is 5.96 Å². The highest BCUT2D eigenvalue weighted by atomic mass is 127. The van der Waals surface area contributed by atoms with E-state index in [-0.39, 0.29) is 35.5 Å². The highest BCUT2D eigenvalue weighted by Gasteiger charge is 2.44. The standard InChI is InChI=1S/C20H33ClN4O.HI/c1-5-26-18(9-12-25(3)4)14-23-19(22-2)24-15-20(10-11-20)16-7-6-8-17(21)13-16;/h6-8,13,18H,5,9-12,14-15H2,1-4H3,(H2,22,23,24);1H. The Hall–Kier alpha value is -0.570. The molecule has 0 aliphatic heterocycles. The van der Waals surface area contributed by atoms with Crippen molar-refractivity contribution in [2.24, 2.45) is 4.99 Å². The molecule has 0 saturated heterocycles. The van der Waals surface area contributed by atoms with Crippen molar-refractivity contribution in [3.05, 3.63) is 34.9 Å². The molecule has 1 atom stereocenters. The zero-order valence-corrected chi connectivity index (χ0v) is 20.0. The lowest BCUT2D eigenvalue weighted by Gasteiger charge is -2.23. The molecule has 0 aromatic heterocycles. The summed E-state index contributed by atoms with van der Waals surface area (Å²) in [6, 6.07) is 8.21. The van der Waals surface area contributed by atoms with E-state index in [1.165, 1.54) is 18.4 Å². The summed E-state index contributed by atoms with van der Waals surface area (Å²) >= 11 is 6.16. The second-order valence-electron chi connectivity index (χ2n) is 7.27. The smallest absolute Gasteiger partial charge is 0.191 e. The molecule has 1 aliphatic carbocycles. The zero-order valence-electron chi connectivity index (χ0n) is 16.9. The SMILES string of the molecule is CCOC(CCN(C)C)CNC(=NC)NCC1(c2cccc(Cl)c2)CC1.I. The van der Waals surface area contributed by atoms with Crippen molar-refractivity contribution in [3.8, 4) is 0 Å². The van der Waals surface area contributed by atoms with Crippen LogP contribution in [-0.2, 0) is 10.2 Å². The second-order valence-corrected chi connectivity index (χ2v) is 7.70. The minimum absolute atomic E-state index is 0. The second kappa shape index (κ2) is 12.1. The van der Waals surface area contributed by atoms with E-state index in [2.05, 4.69) is 46.8 Å². The van der Waals surface area contributed by atoms with Crippen molar-refractivity contribution in [1.82, 2.24) is 15.5 Å². The Labute approximate surface area is 186 Å². The van der Waals surface area contributed by atoms with E-state index in [1.54, 1.807) is 0 Å². The minimum Gasteiger partial charge on any atom is -0.377 e. The Kier molecular flexibility index (Phi) is 11.0. The van der Waals surface area contributed by atoms with Gasteiger partial charge in [0.2, 0.25) is 0 Å². The van der Waals surface area contributed by atoms with Gasteiger partial charge in [0.25, 0.3) is 0 Å². The van der Waals surface area contributed by atoms with Gasteiger partial charge in [0, 0.05) is 43.7 Å². The summed E-state index contributed by atoms with van der Waals surface area (Å²) in [6.07, 6.45) is 3.55. The minimum atomic E-state index is 0. The predicted molar refractivity (Wildman–Crippen MR) is 126 cm³/mol. The van der Waals surface area contributed by atoms with Crippen molar-refractivity contribution in [2.75, 3.05) is 47.4 Å². The number of ether oxygens (including phenoxy) is 1. The van der Waals surface area contributed by atoms with E-state index in [0.29, 0.717) is 0 Å². The molecule has 0 bridgehead atoms. The van der Waals surface area contributed by atoms with Crippen LogP contribution in [0.25, 0.3) is 0 Å². The number of rotatable bonds is 10. The number of guanidine groups is 1. The molecule has 1 aromatic rings. The van der Waals surface area contributed by atoms with Crippen LogP contribution in [0.3, 0.4) is 0 Å². The Bertz CT molecular complexity index is 593. The van der Waals surface area contributed by atoms with Crippen molar-refractivity contribution < 1.29 is 4.74 Å². The molecule has 1 aromatic carbocycles. The number of hydrogen-bond donors (Lipinski definition) is 2. The fourth-order valence-electron chi connectivity index (χ4n) is 3.10. The van der Waals surface area contributed by atoms with Gasteiger partial charge >= 0.3 is 0 Å². The fourth-order valence-corrected chi connectivity index (χ4v) is 3.29. The molecule has 27 heavy (non-hydrogen) atoms. The van der Waals surface area contributed by atoms with Crippen LogP contribution in [0.5, 0.6) is 0 Å². The third-order valence-corrected chi connectivity index (χ3v) is 5.14. The maximum Gasteiger partial charge on any atom is 0.191 e. The Morgan fingerprint density at radius 1 is 1.33 bits per heavy atom. The van der Waals surface area contributed by atoms with Crippen LogP contribution in [0.2, 0.25) is 5.02 Å². The average molecular weight is 509 g/mol. The first-order valence-corrected chi connectivity index (χ1v) is 9.84. The van der Waals surface area contributed by atoms with Crippen LogP contribution in [0.4, 0.5) is 0 Å². The van der Waals surface area contributed by atoms with E-state index >= 15 is 0 Å². The summed E-state index contributed by atoms with van der Waals surface area (Å²) in [5.41, 5.74) is 1.50. The molecule has 0 spiro atoms. The molecule has 2 rings (SSSR count). The fraction of sp³-hybridized carbons (Fsp3) is 0.650. The number of halogens is 2. The van der Waals surface area contributed by atoms with Crippen LogP contribution in [0.1, 0.15) is 31.7 Å². The number of benzene rings is 1. The molecular formula is C20H34ClIN4O. The van der Waals surface area contributed by atoms with E-state index in [4.69, 9.17) is 16.3 Å². The average Bonchev–Trinajstić information content (AvgIpc) is 3.40. The van der Waals surface area contributed by atoms with Crippen LogP contribution < -0.4 is 10.6 Å². The van der Waals surface area contributed by atoms with Crippen molar-refractivity contribution in [2.45, 2.75) is 37.7 Å². The molecule has 1 unspecified atom stereocenters. The lowest BCUT2D eigenvalue weighted by atomic mass is 9.96. The summed E-state index contributed by atoms with van der Waals surface area (Å²) < 4.78 is 5.84. The summed E-state index contributed by atoms with van der Waals surface area (Å²) in [7, 11) is 5.98. The van der Waals surface area contributed by atoms with Gasteiger partial charge in [-0.15, -0.1) is 24.0 Å². The quantitative estimate of drug-likeness (QED) is 0.288. The molecule has 1 fully saturated rings. The molecule has 154 valence electrons. The normalized spacial score (nSPS) is 16.6. The number of aliphatic imine (C=N–C) groups is 1. The van der Waals surface area contributed by atoms with E-state index in [0.717, 1.165) is 43.6 Å². The first-order valence-electron chi connectivity index (χ1n) is 9.46. The maximum absolute atomic E-state index is 6.16. The van der Waals surface area contributed by atoms with Gasteiger partial charge in [-0.25, -0.2) is 0 Å². The van der Waals surface area contributed by atoms with Crippen molar-refractivity contribution in [1.29, 1.82) is 0 Å². The summed E-state index contributed by atoms with van der Waals surface area (Å²) in [4.78, 5) is 6.54. The molecule has 7 heteroatoms. The van der Waals surface area contributed by atoms with Gasteiger partial charge in [-0.1, -0.05) is 23.7 Å². The van der Waals surface area contributed by atoms with Gasteiger partial charge in [-0.3, -0.25) is 4.99 Å². The topological polar surface area (TPSA) is 48.9 Å². The molecule has 0 amide bonds. The van der Waals surface area contributed by atoms with Crippen molar-refractivity contribution in [3.63, 3.8) is 0 Å². The largest absolute Gasteiger partial charge is 0.377 e. The molecule has 1 saturated carbocycles. The Balaban J connectivity index is 0.00000364. The van der Waals surface area contributed by atoms with Gasteiger partial charge in [0.1, 0.15) is 0 Å². The van der Waals surface area contributed by atoms with Gasteiger partial charge < -0.3 is 20.3 Å². The highest BCUT2D eigenvalue weighted by Crippen LogP contribution is 2.48. The summed E-state index contributed by atoms with van der Waals surface area (Å²) in [6.45, 7) is 5.40. The highest BCUT2D eigenvalue weighted by molar-refractivity contribution is 14.0. The van der Waals surface area contributed by atoms with Crippen LogP contribution in [0, 0.1) is 0 Å². The Morgan fingerprint density at radius 2 is 2.07 bits per heavy atom. The Morgan fingerprint density at radius 3 is 2.63 bits per heavy atom. The molecule has 5 nitrogen and oxygen atoms in total. The van der Waals surface area contributed by atoms with Gasteiger partial charge in [-0.2, -0.15) is 0 Å². The molecule has 1 aliphatic rings. The van der Waals surface area contributed by atoms with Crippen LogP contribution >= 0.6 is 35.6 Å². The number of nitrogens with zero attached hydrogens (tertiary/aromatic N) is 2. The monoisotopic (exact) mass is 508 g/mol. The lowest BCUT2D eigenvalue weighted by Crippen LogP contribution is -2.44. The summed E-state index contributed by atoms with van der Waals surface area (Å²) in [5.74, 6) is 0.827. The van der Waals surface area contributed by atoms with Gasteiger partial charge in [-0.05, 0) is 58.0 Å². The van der Waals surface area contributed by atoms with Crippen molar-refractivity contribution >= 4 is 41.5 Å². The summed E-state index contributed by atoms with van der Waals surface area (Å²) in [5, 5.41) is 7.70. The van der Waals surface area contributed by atoms with Crippen LogP contribution in [0.15, 0.2) is 29.3 Å². The molecule has 0 heterocycles. The molecule has 0 radical (unpaired) electrons. The third kappa shape index (κ3) is 8.13. The zero-order chi connectivity index (χ0) is 19.0. The number of hydrogen-bond acceptors (Lipinski definition) is 3. The molecular weight excluding hydrogens is 475 g/mol. The molecule has 2 N–H and O–H groups in total. The van der Waals surface area contributed by atoms with E-state index in [9.17, 15) is 0 Å². The lowest BCUT2D eigenvalue weighted by molar-refractivity contribution is 0.0548. The first kappa shape index (κ1) is 24.5. The number of nitrogens with one attached hydrogen (secondary N) is 2. The van der Waals surface area contributed by atoms with E-state index < -0.39 is 0 Å². The van der Waals surface area contributed by atoms with Crippen LogP contribution in [-0.4, -0.2) is 64.3 Å². The third-order valence-electron chi connectivity index (χ3n) is 4.91. The van der Waals surface area contributed by atoms with E-state index in [1.807, 2.05) is 26.1 Å². The predicted octanol–water partition coefficient (Wildman–Crippen LogP) is 3.51. The maximum atomic E-state index is 6.16.